The van der Waals surface area contributed by atoms with Gasteiger partial charge in [0.2, 0.25) is 5.91 Å². The summed E-state index contributed by atoms with van der Waals surface area (Å²) in [5.41, 5.74) is -0.439. The van der Waals surface area contributed by atoms with Crippen molar-refractivity contribution in [3.8, 4) is 11.3 Å². The van der Waals surface area contributed by atoms with Gasteiger partial charge in [-0.3, -0.25) is 29.8 Å². The van der Waals surface area contributed by atoms with Gasteiger partial charge in [-0.05, 0) is 62.2 Å². The second-order valence-electron chi connectivity index (χ2n) is 9.27. The molecule has 204 valence electrons. The Morgan fingerprint density at radius 1 is 1.05 bits per heavy atom. The maximum absolute atomic E-state index is 13.6. The van der Waals surface area contributed by atoms with Crippen molar-refractivity contribution >= 4 is 34.8 Å². The summed E-state index contributed by atoms with van der Waals surface area (Å²) < 4.78 is 5.67. The molecule has 0 spiro atoms. The molecule has 2 amide bonds. The van der Waals surface area contributed by atoms with Gasteiger partial charge in [0.05, 0.1) is 15.4 Å². The van der Waals surface area contributed by atoms with Crippen molar-refractivity contribution < 1.29 is 23.9 Å². The van der Waals surface area contributed by atoms with E-state index in [1.807, 2.05) is 0 Å². The van der Waals surface area contributed by atoms with Crippen molar-refractivity contribution in [3.63, 3.8) is 0 Å². The first kappa shape index (κ1) is 27.7. The van der Waals surface area contributed by atoms with Gasteiger partial charge in [-0.15, -0.1) is 0 Å². The van der Waals surface area contributed by atoms with Gasteiger partial charge in [-0.2, -0.15) is 0 Å². The Hall–Kier alpha value is -4.29. The number of hydrogen-bond donors (Lipinski definition) is 2. The zero-order chi connectivity index (χ0) is 28.2. The Balaban J connectivity index is 1.48. The van der Waals surface area contributed by atoms with Crippen LogP contribution in [0.15, 0.2) is 59.0 Å². The molecule has 2 N–H and O–H groups in total. The van der Waals surface area contributed by atoms with E-state index in [0.717, 1.165) is 5.56 Å². The average Bonchev–Trinajstić information content (AvgIpc) is 3.42. The molecule has 1 saturated heterocycles. The monoisotopic (exact) mass is 555 g/mol. The molecule has 4 rings (SSSR count). The Labute approximate surface area is 228 Å². The number of nitro benzene ring substituents is 2. The highest BCUT2D eigenvalue weighted by Crippen LogP contribution is 2.33. The van der Waals surface area contributed by atoms with Gasteiger partial charge in [0.1, 0.15) is 11.3 Å². The van der Waals surface area contributed by atoms with Crippen LogP contribution in [0.25, 0.3) is 11.3 Å². The molecule has 1 fully saturated rings. The first-order valence-electron chi connectivity index (χ1n) is 12.2. The SMILES string of the molecule is CN(CCc1ccc([N+](=O)[O-])cc1)C(=O)C1(NC(=O)c2ccc(-c3ccc(Cl)cc3[N+](=O)[O-])o2)CCNCC1. The summed E-state index contributed by atoms with van der Waals surface area (Å²) in [6, 6.07) is 13.1. The topological polar surface area (TPSA) is 161 Å². The highest BCUT2D eigenvalue weighted by molar-refractivity contribution is 6.30. The van der Waals surface area contributed by atoms with Gasteiger partial charge < -0.3 is 20.0 Å². The van der Waals surface area contributed by atoms with Crippen molar-refractivity contribution in [2.75, 3.05) is 26.7 Å². The number of halogens is 1. The zero-order valence-electron chi connectivity index (χ0n) is 21.0. The van der Waals surface area contributed by atoms with Gasteiger partial charge in [-0.1, -0.05) is 23.7 Å². The van der Waals surface area contributed by atoms with Gasteiger partial charge >= 0.3 is 0 Å². The largest absolute Gasteiger partial charge is 0.451 e. The lowest BCUT2D eigenvalue weighted by molar-refractivity contribution is -0.384. The number of furan rings is 1. The fourth-order valence-electron chi connectivity index (χ4n) is 4.54. The van der Waals surface area contributed by atoms with E-state index in [2.05, 4.69) is 10.6 Å². The maximum atomic E-state index is 13.6. The molecular formula is C26H26ClN5O7. The molecule has 2 aromatic carbocycles. The molecule has 2 heterocycles. The minimum absolute atomic E-state index is 0.00805. The van der Waals surface area contributed by atoms with Gasteiger partial charge in [0.25, 0.3) is 17.3 Å². The van der Waals surface area contributed by atoms with E-state index in [0.29, 0.717) is 38.9 Å². The summed E-state index contributed by atoms with van der Waals surface area (Å²) in [7, 11) is 1.65. The van der Waals surface area contributed by atoms with Crippen LogP contribution in [0, 0.1) is 20.2 Å². The molecule has 1 aliphatic heterocycles. The summed E-state index contributed by atoms with van der Waals surface area (Å²) in [5, 5.41) is 28.6. The first-order chi connectivity index (χ1) is 18.6. The number of likely N-dealkylation sites (N-methyl/N-ethyl adjacent to an activating group) is 1. The van der Waals surface area contributed by atoms with Gasteiger partial charge in [0.15, 0.2) is 5.76 Å². The van der Waals surface area contributed by atoms with E-state index in [1.54, 1.807) is 19.2 Å². The van der Waals surface area contributed by atoms with Crippen LogP contribution >= 0.6 is 11.6 Å². The molecule has 12 nitrogen and oxygen atoms in total. The summed E-state index contributed by atoms with van der Waals surface area (Å²) >= 11 is 5.89. The maximum Gasteiger partial charge on any atom is 0.287 e. The number of nitrogens with zero attached hydrogens (tertiary/aromatic N) is 3. The van der Waals surface area contributed by atoms with Crippen LogP contribution in [0.3, 0.4) is 0 Å². The summed E-state index contributed by atoms with van der Waals surface area (Å²) in [5.74, 6) is -0.848. The predicted molar refractivity (Wildman–Crippen MR) is 143 cm³/mol. The Morgan fingerprint density at radius 3 is 2.38 bits per heavy atom. The predicted octanol–water partition coefficient (Wildman–Crippen LogP) is 3.97. The minimum atomic E-state index is -1.17. The van der Waals surface area contributed by atoms with E-state index < -0.39 is 21.3 Å². The number of carbonyl (C=O) groups is 2. The number of piperidine rings is 1. The van der Waals surface area contributed by atoms with E-state index >= 15 is 0 Å². The minimum Gasteiger partial charge on any atom is -0.451 e. The van der Waals surface area contributed by atoms with Crippen LogP contribution in [0.4, 0.5) is 11.4 Å². The zero-order valence-corrected chi connectivity index (χ0v) is 21.8. The number of carbonyl (C=O) groups excluding carboxylic acids is 2. The van der Waals surface area contributed by atoms with Crippen LogP contribution in [0.2, 0.25) is 5.02 Å². The van der Waals surface area contributed by atoms with Crippen LogP contribution < -0.4 is 10.6 Å². The third kappa shape index (κ3) is 6.24. The molecule has 1 aromatic heterocycles. The van der Waals surface area contributed by atoms with E-state index in [4.69, 9.17) is 16.0 Å². The van der Waals surface area contributed by atoms with Gasteiger partial charge in [0, 0.05) is 36.8 Å². The lowest BCUT2D eigenvalue weighted by atomic mass is 9.86. The molecular weight excluding hydrogens is 530 g/mol. The van der Waals surface area contributed by atoms with Crippen LogP contribution in [0.1, 0.15) is 29.0 Å². The summed E-state index contributed by atoms with van der Waals surface area (Å²) in [4.78, 5) is 49.7. The molecule has 0 unspecified atom stereocenters. The number of benzene rings is 2. The molecule has 0 atom stereocenters. The molecule has 0 saturated carbocycles. The fourth-order valence-corrected chi connectivity index (χ4v) is 4.71. The van der Waals surface area contributed by atoms with E-state index in [9.17, 15) is 29.8 Å². The first-order valence-corrected chi connectivity index (χ1v) is 12.5. The highest BCUT2D eigenvalue weighted by Gasteiger charge is 2.43. The molecule has 1 aliphatic rings. The third-order valence-electron chi connectivity index (χ3n) is 6.70. The van der Waals surface area contributed by atoms with Crippen molar-refractivity contribution in [1.29, 1.82) is 0 Å². The molecule has 0 bridgehead atoms. The van der Waals surface area contributed by atoms with Crippen molar-refractivity contribution in [2.24, 2.45) is 0 Å². The Kier molecular flexibility index (Phi) is 8.27. The number of nitrogens with one attached hydrogen (secondary N) is 2. The fraction of sp³-hybridized carbons (Fsp3) is 0.308. The van der Waals surface area contributed by atoms with Crippen molar-refractivity contribution in [3.05, 3.63) is 91.2 Å². The standard InChI is InChI=1S/C26H26ClN5O7/c1-30(15-10-17-2-5-19(6-3-17)31(35)36)25(34)26(11-13-28-14-12-26)29-24(33)23-9-8-22(39-23)20-7-4-18(27)16-21(20)32(37)38/h2-9,16,28H,10-15H2,1H3,(H,29,33). The third-order valence-corrected chi connectivity index (χ3v) is 6.94. The number of rotatable bonds is 9. The molecule has 0 aliphatic carbocycles. The number of non-ortho nitro benzene ring substituents is 1. The second-order valence-corrected chi connectivity index (χ2v) is 9.71. The number of amides is 2. The summed E-state index contributed by atoms with van der Waals surface area (Å²) in [6.45, 7) is 1.37. The normalized spacial score (nSPS) is 14.4. The molecule has 0 radical (unpaired) electrons. The Morgan fingerprint density at radius 2 is 1.74 bits per heavy atom. The van der Waals surface area contributed by atoms with E-state index in [1.165, 1.54) is 47.4 Å². The molecule has 13 heteroatoms. The van der Waals surface area contributed by atoms with Crippen LogP contribution in [0.5, 0.6) is 0 Å². The Bertz CT molecular complexity index is 1400. The lowest BCUT2D eigenvalue weighted by Gasteiger charge is -2.39. The second kappa shape index (κ2) is 11.6. The van der Waals surface area contributed by atoms with Crippen LogP contribution in [-0.2, 0) is 11.2 Å². The van der Waals surface area contributed by atoms with E-state index in [-0.39, 0.29) is 39.4 Å². The average molecular weight is 556 g/mol. The van der Waals surface area contributed by atoms with Crippen LogP contribution in [-0.4, -0.2) is 58.8 Å². The number of nitro groups is 2. The lowest BCUT2D eigenvalue weighted by Crippen LogP contribution is -2.63. The summed E-state index contributed by atoms with van der Waals surface area (Å²) in [6.07, 6.45) is 1.19. The highest BCUT2D eigenvalue weighted by atomic mass is 35.5. The van der Waals surface area contributed by atoms with Crippen molar-refractivity contribution in [2.45, 2.75) is 24.8 Å². The number of hydrogen-bond acceptors (Lipinski definition) is 8. The molecule has 3 aromatic rings. The van der Waals surface area contributed by atoms with Crippen molar-refractivity contribution in [1.82, 2.24) is 15.5 Å². The quantitative estimate of drug-likeness (QED) is 0.296. The van der Waals surface area contributed by atoms with Gasteiger partial charge in [-0.25, -0.2) is 0 Å². The molecule has 39 heavy (non-hydrogen) atoms. The smallest absolute Gasteiger partial charge is 0.287 e.